The number of ether oxygens (including phenoxy) is 1. The molecular formula is C20H21FN4O. The Kier molecular flexibility index (Phi) is 5.63. The molecule has 0 amide bonds. The first kappa shape index (κ1) is 17.7. The predicted molar refractivity (Wildman–Crippen MR) is 102 cm³/mol. The molecule has 5 nitrogen and oxygen atoms in total. The molecule has 0 aliphatic rings. The number of hydrogen-bond acceptors (Lipinski definition) is 5. The maximum Gasteiger partial charge on any atom is 0.224 e. The second kappa shape index (κ2) is 8.29. The highest BCUT2D eigenvalue weighted by atomic mass is 19.1. The van der Waals surface area contributed by atoms with Crippen molar-refractivity contribution < 1.29 is 9.13 Å². The molecule has 1 aromatic heterocycles. The zero-order valence-corrected chi connectivity index (χ0v) is 14.8. The minimum Gasteiger partial charge on any atom is -0.497 e. The Morgan fingerprint density at radius 1 is 1.00 bits per heavy atom. The molecule has 3 rings (SSSR count). The first-order chi connectivity index (χ1) is 12.6. The molecule has 2 N–H and O–H groups in total. The fraction of sp³-hybridized carbons (Fsp3) is 0.200. The lowest BCUT2D eigenvalue weighted by atomic mass is 10.1. The molecule has 0 radical (unpaired) electrons. The highest BCUT2D eigenvalue weighted by Gasteiger charge is 2.03. The lowest BCUT2D eigenvalue weighted by molar-refractivity contribution is 0.415. The third-order valence-corrected chi connectivity index (χ3v) is 3.83. The van der Waals surface area contributed by atoms with Gasteiger partial charge in [0.2, 0.25) is 5.95 Å². The van der Waals surface area contributed by atoms with E-state index >= 15 is 0 Å². The van der Waals surface area contributed by atoms with Crippen LogP contribution in [-0.2, 0) is 6.42 Å². The number of aromatic nitrogens is 2. The fourth-order valence-electron chi connectivity index (χ4n) is 2.50. The van der Waals surface area contributed by atoms with Crippen LogP contribution in [0.15, 0.2) is 54.6 Å². The summed E-state index contributed by atoms with van der Waals surface area (Å²) in [4.78, 5) is 8.90. The summed E-state index contributed by atoms with van der Waals surface area (Å²) in [6.45, 7) is 2.59. The van der Waals surface area contributed by atoms with Gasteiger partial charge in [-0.1, -0.05) is 12.1 Å². The Bertz CT molecular complexity index is 851. The number of nitrogens with one attached hydrogen (secondary N) is 2. The number of nitrogens with zero attached hydrogens (tertiary/aromatic N) is 2. The van der Waals surface area contributed by atoms with Crippen molar-refractivity contribution in [3.8, 4) is 5.75 Å². The van der Waals surface area contributed by atoms with Crippen LogP contribution < -0.4 is 15.4 Å². The van der Waals surface area contributed by atoms with Crippen LogP contribution in [-0.4, -0.2) is 23.6 Å². The predicted octanol–water partition coefficient (Wildman–Crippen LogP) is 4.33. The first-order valence-electron chi connectivity index (χ1n) is 8.37. The van der Waals surface area contributed by atoms with E-state index < -0.39 is 0 Å². The number of rotatable bonds is 7. The molecule has 0 atom stereocenters. The number of benzene rings is 2. The number of anilines is 3. The smallest absolute Gasteiger partial charge is 0.224 e. The number of hydrogen-bond donors (Lipinski definition) is 2. The second-order valence-corrected chi connectivity index (χ2v) is 5.87. The highest BCUT2D eigenvalue weighted by molar-refractivity contribution is 5.58. The van der Waals surface area contributed by atoms with Crippen LogP contribution in [0.1, 0.15) is 11.3 Å². The quantitative estimate of drug-likeness (QED) is 0.663. The number of halogens is 1. The SMILES string of the molecule is COc1ccc(Nc2cc(C)nc(NCCc3ccc(F)cc3)n2)cc1. The van der Waals surface area contributed by atoms with Crippen LogP contribution in [0.3, 0.4) is 0 Å². The molecule has 0 spiro atoms. The van der Waals surface area contributed by atoms with Gasteiger partial charge in [0.25, 0.3) is 0 Å². The van der Waals surface area contributed by atoms with Crippen molar-refractivity contribution in [3.05, 3.63) is 71.7 Å². The van der Waals surface area contributed by atoms with Gasteiger partial charge in [-0.05, 0) is 55.3 Å². The maximum atomic E-state index is 12.9. The van der Waals surface area contributed by atoms with Gasteiger partial charge in [-0.15, -0.1) is 0 Å². The number of aryl methyl sites for hydroxylation is 1. The largest absolute Gasteiger partial charge is 0.497 e. The lowest BCUT2D eigenvalue weighted by Gasteiger charge is -2.10. The van der Waals surface area contributed by atoms with Gasteiger partial charge in [0.1, 0.15) is 17.4 Å². The lowest BCUT2D eigenvalue weighted by Crippen LogP contribution is -2.09. The Labute approximate surface area is 152 Å². The first-order valence-corrected chi connectivity index (χ1v) is 8.37. The Hall–Kier alpha value is -3.15. The van der Waals surface area contributed by atoms with Crippen molar-refractivity contribution in [2.24, 2.45) is 0 Å². The van der Waals surface area contributed by atoms with E-state index in [-0.39, 0.29) is 5.82 Å². The van der Waals surface area contributed by atoms with E-state index in [1.165, 1.54) is 12.1 Å². The molecule has 1 heterocycles. The summed E-state index contributed by atoms with van der Waals surface area (Å²) in [5.74, 6) is 1.85. The Balaban J connectivity index is 1.62. The average molecular weight is 352 g/mol. The summed E-state index contributed by atoms with van der Waals surface area (Å²) in [6.07, 6.45) is 0.763. The summed E-state index contributed by atoms with van der Waals surface area (Å²) in [5.41, 5.74) is 2.84. The molecular weight excluding hydrogens is 331 g/mol. The topological polar surface area (TPSA) is 59.1 Å². The van der Waals surface area contributed by atoms with Gasteiger partial charge < -0.3 is 15.4 Å². The van der Waals surface area contributed by atoms with Crippen molar-refractivity contribution in [1.29, 1.82) is 0 Å². The van der Waals surface area contributed by atoms with Gasteiger partial charge >= 0.3 is 0 Å². The molecule has 2 aromatic carbocycles. The van der Waals surface area contributed by atoms with Crippen LogP contribution in [0.25, 0.3) is 0 Å². The van der Waals surface area contributed by atoms with E-state index in [1.54, 1.807) is 19.2 Å². The zero-order chi connectivity index (χ0) is 18.4. The van der Waals surface area contributed by atoms with E-state index in [1.807, 2.05) is 37.3 Å². The van der Waals surface area contributed by atoms with Crippen LogP contribution in [0, 0.1) is 12.7 Å². The van der Waals surface area contributed by atoms with Crippen LogP contribution >= 0.6 is 0 Å². The van der Waals surface area contributed by atoms with Crippen molar-refractivity contribution >= 4 is 17.5 Å². The fourth-order valence-corrected chi connectivity index (χ4v) is 2.50. The minimum atomic E-state index is -0.224. The van der Waals surface area contributed by atoms with Crippen LogP contribution in [0.5, 0.6) is 5.75 Å². The maximum absolute atomic E-state index is 12.9. The molecule has 0 unspecified atom stereocenters. The highest BCUT2D eigenvalue weighted by Crippen LogP contribution is 2.20. The average Bonchev–Trinajstić information content (AvgIpc) is 2.64. The van der Waals surface area contributed by atoms with Gasteiger partial charge in [-0.2, -0.15) is 4.98 Å². The van der Waals surface area contributed by atoms with E-state index in [9.17, 15) is 4.39 Å². The van der Waals surface area contributed by atoms with Crippen molar-refractivity contribution in [2.45, 2.75) is 13.3 Å². The van der Waals surface area contributed by atoms with Crippen molar-refractivity contribution in [1.82, 2.24) is 9.97 Å². The second-order valence-electron chi connectivity index (χ2n) is 5.87. The Morgan fingerprint density at radius 2 is 1.73 bits per heavy atom. The normalized spacial score (nSPS) is 10.4. The molecule has 0 saturated carbocycles. The third kappa shape index (κ3) is 4.92. The minimum absolute atomic E-state index is 0.224. The summed E-state index contributed by atoms with van der Waals surface area (Å²) in [6, 6.07) is 16.0. The summed E-state index contributed by atoms with van der Waals surface area (Å²) in [7, 11) is 1.64. The molecule has 0 aliphatic heterocycles. The molecule has 0 saturated heterocycles. The molecule has 3 aromatic rings. The van der Waals surface area contributed by atoms with Crippen LogP contribution in [0.2, 0.25) is 0 Å². The van der Waals surface area contributed by atoms with Gasteiger partial charge in [0, 0.05) is 24.0 Å². The molecule has 0 aliphatic carbocycles. The molecule has 0 fully saturated rings. The van der Waals surface area contributed by atoms with Gasteiger partial charge in [0.05, 0.1) is 7.11 Å². The van der Waals surface area contributed by atoms with Gasteiger partial charge in [-0.25, -0.2) is 9.37 Å². The Morgan fingerprint density at radius 3 is 2.42 bits per heavy atom. The summed E-state index contributed by atoms with van der Waals surface area (Å²) >= 11 is 0. The van der Waals surface area contributed by atoms with Gasteiger partial charge in [-0.3, -0.25) is 0 Å². The summed E-state index contributed by atoms with van der Waals surface area (Å²) < 4.78 is 18.1. The standard InChI is InChI=1S/C20H21FN4O/c1-14-13-19(24-17-7-9-18(26-2)10-8-17)25-20(23-14)22-12-11-15-3-5-16(21)6-4-15/h3-10,13H,11-12H2,1-2H3,(H2,22,23,24,25). The summed E-state index contributed by atoms with van der Waals surface area (Å²) in [5, 5.41) is 6.48. The van der Waals surface area contributed by atoms with E-state index in [0.717, 1.165) is 29.1 Å². The number of methoxy groups -OCH3 is 1. The van der Waals surface area contributed by atoms with Crippen molar-refractivity contribution in [3.63, 3.8) is 0 Å². The zero-order valence-electron chi connectivity index (χ0n) is 14.8. The van der Waals surface area contributed by atoms with E-state index in [0.29, 0.717) is 18.3 Å². The van der Waals surface area contributed by atoms with Crippen LogP contribution in [0.4, 0.5) is 21.8 Å². The molecule has 134 valence electrons. The van der Waals surface area contributed by atoms with E-state index in [2.05, 4.69) is 20.6 Å². The van der Waals surface area contributed by atoms with E-state index in [4.69, 9.17) is 4.74 Å². The monoisotopic (exact) mass is 352 g/mol. The molecule has 6 heteroatoms. The third-order valence-electron chi connectivity index (χ3n) is 3.83. The van der Waals surface area contributed by atoms with Gasteiger partial charge in [0.15, 0.2) is 0 Å². The molecule has 26 heavy (non-hydrogen) atoms. The molecule has 0 bridgehead atoms. The van der Waals surface area contributed by atoms with Crippen molar-refractivity contribution in [2.75, 3.05) is 24.3 Å².